The smallest absolute Gasteiger partial charge is 0.319 e. The maximum Gasteiger partial charge on any atom is 0.326 e. The number of urea groups is 1. The number of aryl methyl sites for hydroxylation is 2. The highest BCUT2D eigenvalue weighted by Gasteiger charge is 2.52. The van der Waals surface area contributed by atoms with E-state index >= 15 is 0 Å². The Bertz CT molecular complexity index is 1080. The van der Waals surface area contributed by atoms with Gasteiger partial charge in [0.15, 0.2) is 5.54 Å². The number of amides is 3. The molecule has 1 heterocycles. The molecular formula is C39H61N3O2. The van der Waals surface area contributed by atoms with Crippen LogP contribution in [0.25, 0.3) is 0 Å². The molecule has 0 aromatic heterocycles. The Morgan fingerprint density at radius 3 is 1.52 bits per heavy atom. The van der Waals surface area contributed by atoms with Crippen LogP contribution < -0.4 is 5.32 Å². The van der Waals surface area contributed by atoms with Crippen LogP contribution in [0, 0.1) is 13.8 Å². The third-order valence-corrected chi connectivity index (χ3v) is 9.31. The Labute approximate surface area is 269 Å². The van der Waals surface area contributed by atoms with Gasteiger partial charge >= 0.3 is 6.03 Å². The van der Waals surface area contributed by atoms with Gasteiger partial charge in [-0.25, -0.2) is 9.69 Å². The molecule has 1 fully saturated rings. The van der Waals surface area contributed by atoms with Crippen LogP contribution in [0.4, 0.5) is 4.79 Å². The van der Waals surface area contributed by atoms with Crippen LogP contribution >= 0.6 is 0 Å². The molecule has 44 heavy (non-hydrogen) atoms. The molecule has 5 nitrogen and oxygen atoms in total. The first kappa shape index (κ1) is 35.8. The highest BCUT2D eigenvalue weighted by Crippen LogP contribution is 2.33. The third-order valence-electron chi connectivity index (χ3n) is 9.31. The van der Waals surface area contributed by atoms with E-state index in [1.807, 2.05) is 31.2 Å². The van der Waals surface area contributed by atoms with Gasteiger partial charge in [-0.1, -0.05) is 163 Å². The Hall–Kier alpha value is -2.66. The van der Waals surface area contributed by atoms with Crippen molar-refractivity contribution in [3.8, 4) is 0 Å². The summed E-state index contributed by atoms with van der Waals surface area (Å²) in [6.45, 7) is 10.9. The minimum absolute atomic E-state index is 0.135. The summed E-state index contributed by atoms with van der Waals surface area (Å²) < 4.78 is 0. The average Bonchev–Trinajstić information content (AvgIpc) is 3.25. The summed E-state index contributed by atoms with van der Waals surface area (Å²) in [5, 5.41) is 3.18. The van der Waals surface area contributed by atoms with E-state index in [9.17, 15) is 9.59 Å². The summed E-state index contributed by atoms with van der Waals surface area (Å²) >= 11 is 0. The van der Waals surface area contributed by atoms with Crippen molar-refractivity contribution in [3.63, 3.8) is 0 Å². The van der Waals surface area contributed by atoms with Gasteiger partial charge in [0.05, 0.1) is 6.67 Å². The van der Waals surface area contributed by atoms with Crippen molar-refractivity contribution in [1.29, 1.82) is 0 Å². The van der Waals surface area contributed by atoms with E-state index in [1.54, 1.807) is 0 Å². The first-order valence-electron chi connectivity index (χ1n) is 17.9. The fraction of sp³-hybridized carbons (Fsp3) is 0.641. The molecule has 3 rings (SSSR count). The van der Waals surface area contributed by atoms with Gasteiger partial charge in [0, 0.05) is 6.42 Å². The Balaban J connectivity index is 1.68. The first-order valence-corrected chi connectivity index (χ1v) is 17.9. The molecule has 1 unspecified atom stereocenters. The van der Waals surface area contributed by atoms with Crippen LogP contribution in [0.3, 0.4) is 0 Å². The number of carbonyl (C=O) groups is 2. The third kappa shape index (κ3) is 11.4. The zero-order valence-corrected chi connectivity index (χ0v) is 28.5. The van der Waals surface area contributed by atoms with Crippen LogP contribution in [0.1, 0.15) is 139 Å². The number of rotatable bonds is 23. The molecule has 1 atom stereocenters. The van der Waals surface area contributed by atoms with Crippen LogP contribution in [0.5, 0.6) is 0 Å². The quantitative estimate of drug-likeness (QED) is 0.102. The molecular weight excluding hydrogens is 542 g/mol. The van der Waals surface area contributed by atoms with E-state index in [0.29, 0.717) is 13.1 Å². The van der Waals surface area contributed by atoms with Crippen molar-refractivity contribution in [2.75, 3.05) is 19.8 Å². The molecule has 1 N–H and O–H groups in total. The monoisotopic (exact) mass is 603 g/mol. The van der Waals surface area contributed by atoms with Crippen molar-refractivity contribution in [3.05, 3.63) is 70.8 Å². The second-order valence-electron chi connectivity index (χ2n) is 13.3. The molecule has 1 saturated heterocycles. The van der Waals surface area contributed by atoms with Crippen molar-refractivity contribution < 1.29 is 9.59 Å². The van der Waals surface area contributed by atoms with Crippen LogP contribution in [0.15, 0.2) is 48.5 Å². The fourth-order valence-corrected chi connectivity index (χ4v) is 6.41. The lowest BCUT2D eigenvalue weighted by Gasteiger charge is -2.30. The van der Waals surface area contributed by atoms with Crippen molar-refractivity contribution in [2.24, 2.45) is 0 Å². The van der Waals surface area contributed by atoms with Crippen molar-refractivity contribution >= 4 is 11.9 Å². The average molecular weight is 604 g/mol. The van der Waals surface area contributed by atoms with Gasteiger partial charge < -0.3 is 5.32 Å². The second kappa shape index (κ2) is 19.7. The number of carbonyl (C=O) groups excluding carboxylic acids is 2. The van der Waals surface area contributed by atoms with Gasteiger partial charge in [0.2, 0.25) is 0 Å². The molecule has 1 aliphatic rings. The van der Waals surface area contributed by atoms with Crippen LogP contribution in [0.2, 0.25) is 0 Å². The predicted octanol–water partition coefficient (Wildman–Crippen LogP) is 9.83. The number of imide groups is 1. The molecule has 0 aliphatic carbocycles. The standard InChI is InChI=1S/C39H61N3O2/c1-5-7-9-11-13-15-17-19-29-41(30-20-18-16-14-12-10-8-6-2)32-42-37(43)39(40-38(42)44,36-27-23-34(4)24-28-36)31-35-25-21-33(3)22-26-35/h21-28H,5-20,29-32H2,1-4H3,(H,40,44). The zero-order valence-electron chi connectivity index (χ0n) is 28.5. The molecule has 1 aliphatic heterocycles. The summed E-state index contributed by atoms with van der Waals surface area (Å²) in [4.78, 5) is 31.8. The first-order chi connectivity index (χ1) is 21.4. The van der Waals surface area contributed by atoms with Gasteiger partial charge in [0.1, 0.15) is 0 Å². The molecule has 0 bridgehead atoms. The molecule has 0 radical (unpaired) electrons. The molecule has 0 spiro atoms. The van der Waals surface area contributed by atoms with Gasteiger partial charge in [-0.15, -0.1) is 0 Å². The minimum Gasteiger partial charge on any atom is -0.319 e. The number of unbranched alkanes of at least 4 members (excludes halogenated alkanes) is 14. The van der Waals surface area contributed by atoms with Crippen LogP contribution in [-0.2, 0) is 16.8 Å². The minimum atomic E-state index is -1.09. The SMILES string of the molecule is CCCCCCCCCCN(CCCCCCCCCC)CN1C(=O)NC(Cc2ccc(C)cc2)(c2ccc(C)cc2)C1=O. The highest BCUT2D eigenvalue weighted by molar-refractivity contribution is 6.07. The summed E-state index contributed by atoms with van der Waals surface area (Å²) in [7, 11) is 0. The van der Waals surface area contributed by atoms with E-state index < -0.39 is 5.54 Å². The van der Waals surface area contributed by atoms with Gasteiger partial charge in [0.25, 0.3) is 5.91 Å². The molecule has 0 saturated carbocycles. The molecule has 2 aromatic rings. The number of nitrogens with zero attached hydrogens (tertiary/aromatic N) is 2. The Morgan fingerprint density at radius 1 is 0.614 bits per heavy atom. The summed E-state index contributed by atoms with van der Waals surface area (Å²) in [6.07, 6.45) is 20.8. The van der Waals surface area contributed by atoms with E-state index in [2.05, 4.69) is 55.3 Å². The number of hydrogen-bond donors (Lipinski definition) is 1. The number of hydrogen-bond acceptors (Lipinski definition) is 3. The molecule has 5 heteroatoms. The Morgan fingerprint density at radius 2 is 1.05 bits per heavy atom. The van der Waals surface area contributed by atoms with Crippen LogP contribution in [-0.4, -0.2) is 41.5 Å². The normalized spacial score (nSPS) is 16.7. The highest BCUT2D eigenvalue weighted by atomic mass is 16.2. The zero-order chi connectivity index (χ0) is 31.6. The molecule has 3 amide bonds. The van der Waals surface area contributed by atoms with Gasteiger partial charge in [-0.2, -0.15) is 0 Å². The lowest BCUT2D eigenvalue weighted by molar-refractivity contribution is -0.133. The van der Waals surface area contributed by atoms with E-state index in [0.717, 1.165) is 42.6 Å². The van der Waals surface area contributed by atoms with E-state index in [-0.39, 0.29) is 11.9 Å². The number of benzene rings is 2. The van der Waals surface area contributed by atoms with E-state index in [4.69, 9.17) is 0 Å². The number of nitrogens with one attached hydrogen (secondary N) is 1. The topological polar surface area (TPSA) is 52.6 Å². The van der Waals surface area contributed by atoms with Gasteiger partial charge in [-0.3, -0.25) is 9.69 Å². The summed E-state index contributed by atoms with van der Waals surface area (Å²) in [6, 6.07) is 16.1. The second-order valence-corrected chi connectivity index (χ2v) is 13.3. The molecule has 2 aromatic carbocycles. The van der Waals surface area contributed by atoms with Crippen molar-refractivity contribution in [2.45, 2.75) is 142 Å². The summed E-state index contributed by atoms with van der Waals surface area (Å²) in [5.41, 5.74) is 3.11. The Kier molecular flexibility index (Phi) is 16.0. The predicted molar refractivity (Wildman–Crippen MR) is 185 cm³/mol. The van der Waals surface area contributed by atoms with E-state index in [1.165, 1.54) is 100 Å². The maximum atomic E-state index is 14.3. The maximum absolute atomic E-state index is 14.3. The lowest BCUT2D eigenvalue weighted by atomic mass is 9.83. The van der Waals surface area contributed by atoms with Gasteiger partial charge in [-0.05, 0) is 50.9 Å². The largest absolute Gasteiger partial charge is 0.326 e. The van der Waals surface area contributed by atoms with Crippen molar-refractivity contribution in [1.82, 2.24) is 15.1 Å². The fourth-order valence-electron chi connectivity index (χ4n) is 6.41. The lowest BCUT2D eigenvalue weighted by Crippen LogP contribution is -2.47. The molecule has 244 valence electrons. The summed E-state index contributed by atoms with van der Waals surface area (Å²) in [5.74, 6) is -0.135.